The first-order chi connectivity index (χ1) is 16.9. The van der Waals surface area contributed by atoms with E-state index in [1.54, 1.807) is 66.7 Å². The summed E-state index contributed by atoms with van der Waals surface area (Å²) < 4.78 is 15.8. The molecule has 0 bridgehead atoms. The van der Waals surface area contributed by atoms with Crippen molar-refractivity contribution in [1.29, 1.82) is 0 Å². The van der Waals surface area contributed by atoms with Gasteiger partial charge in [-0.15, -0.1) is 0 Å². The van der Waals surface area contributed by atoms with Crippen LogP contribution in [-0.4, -0.2) is 44.8 Å². The zero-order valence-corrected chi connectivity index (χ0v) is 19.7. The van der Waals surface area contributed by atoms with Crippen molar-refractivity contribution in [3.63, 3.8) is 0 Å². The maximum atomic E-state index is 12.4. The molecule has 2 N–H and O–H groups in total. The number of nitrogens with zero attached hydrogens (tertiary/aromatic N) is 1. The summed E-state index contributed by atoms with van der Waals surface area (Å²) in [4.78, 5) is 36.5. The number of nitrogens with one attached hydrogen (secondary N) is 2. The number of methoxy groups -OCH3 is 2. The molecule has 2 amide bonds. The third-order valence-electron chi connectivity index (χ3n) is 4.65. The second kappa shape index (κ2) is 12.2. The van der Waals surface area contributed by atoms with Gasteiger partial charge in [-0.2, -0.15) is 5.10 Å². The van der Waals surface area contributed by atoms with Gasteiger partial charge in [0, 0.05) is 0 Å². The first kappa shape index (κ1) is 25.3. The zero-order valence-electron chi connectivity index (χ0n) is 18.9. The number of carbonyl (C=O) groups excluding carboxylic acids is 3. The van der Waals surface area contributed by atoms with Crippen molar-refractivity contribution in [2.75, 3.05) is 20.8 Å². The van der Waals surface area contributed by atoms with E-state index in [4.69, 9.17) is 25.8 Å². The molecule has 0 radical (unpaired) electrons. The smallest absolute Gasteiger partial charge is 0.343 e. The highest BCUT2D eigenvalue weighted by atomic mass is 35.5. The molecule has 35 heavy (non-hydrogen) atoms. The summed E-state index contributed by atoms with van der Waals surface area (Å²) in [6.45, 7) is -0.287. The van der Waals surface area contributed by atoms with Crippen LogP contribution < -0.4 is 25.0 Å². The van der Waals surface area contributed by atoms with E-state index in [2.05, 4.69) is 15.8 Å². The second-order valence-electron chi connectivity index (χ2n) is 6.98. The summed E-state index contributed by atoms with van der Waals surface area (Å²) in [5.41, 5.74) is 3.51. The highest BCUT2D eigenvalue weighted by Gasteiger charge is 2.13. The van der Waals surface area contributed by atoms with Gasteiger partial charge < -0.3 is 19.5 Å². The Labute approximate surface area is 206 Å². The SMILES string of the molecule is COc1ccc(C(=O)Oc2ccc(/C=N/NC(=O)CNC(=O)c3ccccc3Cl)cc2OC)cc1. The fraction of sp³-hybridized carbons (Fsp3) is 0.120. The van der Waals surface area contributed by atoms with Gasteiger partial charge in [-0.05, 0) is 60.2 Å². The largest absolute Gasteiger partial charge is 0.497 e. The minimum absolute atomic E-state index is 0.219. The number of benzene rings is 3. The van der Waals surface area contributed by atoms with Crippen LogP contribution in [0, 0.1) is 0 Å². The number of rotatable bonds is 9. The molecule has 0 atom stereocenters. The molecule has 0 saturated heterocycles. The molecule has 0 heterocycles. The van der Waals surface area contributed by atoms with Crippen molar-refractivity contribution in [3.05, 3.63) is 88.4 Å². The lowest BCUT2D eigenvalue weighted by atomic mass is 10.2. The standard InChI is InChI=1S/C25H22ClN3O6/c1-33-18-10-8-17(9-11-18)25(32)35-21-12-7-16(13-22(21)34-2)14-28-29-23(30)15-27-24(31)19-5-3-4-6-20(19)26/h3-14H,15H2,1-2H3,(H,27,31)(H,29,30)/b28-14+. The fourth-order valence-electron chi connectivity index (χ4n) is 2.85. The molecule has 0 aromatic heterocycles. The van der Waals surface area contributed by atoms with E-state index < -0.39 is 17.8 Å². The van der Waals surface area contributed by atoms with E-state index in [1.807, 2.05) is 0 Å². The van der Waals surface area contributed by atoms with Crippen molar-refractivity contribution >= 4 is 35.6 Å². The van der Waals surface area contributed by atoms with Gasteiger partial charge in [-0.25, -0.2) is 10.2 Å². The van der Waals surface area contributed by atoms with Crippen LogP contribution in [0.2, 0.25) is 5.02 Å². The summed E-state index contributed by atoms with van der Waals surface area (Å²) in [7, 11) is 2.97. The molecule has 0 aliphatic heterocycles. The highest BCUT2D eigenvalue weighted by Crippen LogP contribution is 2.28. The first-order valence-corrected chi connectivity index (χ1v) is 10.7. The molecular weight excluding hydrogens is 474 g/mol. The Bertz CT molecular complexity index is 1240. The Morgan fingerprint density at radius 1 is 0.943 bits per heavy atom. The second-order valence-corrected chi connectivity index (χ2v) is 7.39. The lowest BCUT2D eigenvalue weighted by Gasteiger charge is -2.10. The number of hydrazone groups is 1. The fourth-order valence-corrected chi connectivity index (χ4v) is 3.08. The van der Waals surface area contributed by atoms with Crippen molar-refractivity contribution in [2.45, 2.75) is 0 Å². The van der Waals surface area contributed by atoms with Crippen LogP contribution in [0.3, 0.4) is 0 Å². The van der Waals surface area contributed by atoms with E-state index in [0.717, 1.165) is 0 Å². The monoisotopic (exact) mass is 495 g/mol. The lowest BCUT2D eigenvalue weighted by molar-refractivity contribution is -0.120. The van der Waals surface area contributed by atoms with Gasteiger partial charge in [0.25, 0.3) is 11.8 Å². The van der Waals surface area contributed by atoms with Gasteiger partial charge in [0.1, 0.15) is 5.75 Å². The molecule has 180 valence electrons. The Kier molecular flexibility index (Phi) is 8.80. The zero-order chi connectivity index (χ0) is 25.2. The maximum Gasteiger partial charge on any atom is 0.343 e. The molecule has 0 aliphatic rings. The van der Waals surface area contributed by atoms with Gasteiger partial charge in [-0.3, -0.25) is 9.59 Å². The molecule has 0 unspecified atom stereocenters. The van der Waals surface area contributed by atoms with E-state index in [-0.39, 0.29) is 22.9 Å². The van der Waals surface area contributed by atoms with E-state index >= 15 is 0 Å². The Hall–Kier alpha value is -4.37. The van der Waals surface area contributed by atoms with Gasteiger partial charge in [0.2, 0.25) is 0 Å². The van der Waals surface area contributed by atoms with E-state index in [9.17, 15) is 14.4 Å². The molecule has 3 rings (SSSR count). The third kappa shape index (κ3) is 7.05. The summed E-state index contributed by atoms with van der Waals surface area (Å²) >= 11 is 5.96. The quantitative estimate of drug-likeness (QED) is 0.203. The topological polar surface area (TPSA) is 115 Å². The average molecular weight is 496 g/mol. The average Bonchev–Trinajstić information content (AvgIpc) is 2.88. The summed E-state index contributed by atoms with van der Waals surface area (Å²) in [6, 6.07) is 17.8. The van der Waals surface area contributed by atoms with E-state index in [1.165, 1.54) is 20.4 Å². The number of hydrogen-bond donors (Lipinski definition) is 2. The van der Waals surface area contributed by atoms with Crippen LogP contribution in [0.5, 0.6) is 17.2 Å². The number of carbonyl (C=O) groups is 3. The molecule has 3 aromatic rings. The Balaban J connectivity index is 1.54. The number of halogens is 1. The minimum atomic E-state index is -0.557. The summed E-state index contributed by atoms with van der Waals surface area (Å²) in [6.07, 6.45) is 1.38. The highest BCUT2D eigenvalue weighted by molar-refractivity contribution is 6.33. The van der Waals surface area contributed by atoms with Crippen LogP contribution in [0.15, 0.2) is 71.8 Å². The van der Waals surface area contributed by atoms with Gasteiger partial charge >= 0.3 is 5.97 Å². The number of esters is 1. The van der Waals surface area contributed by atoms with Gasteiger partial charge in [0.15, 0.2) is 11.5 Å². The maximum absolute atomic E-state index is 12.4. The lowest BCUT2D eigenvalue weighted by Crippen LogP contribution is -2.35. The van der Waals surface area contributed by atoms with Crippen LogP contribution >= 0.6 is 11.6 Å². The Morgan fingerprint density at radius 2 is 1.69 bits per heavy atom. The molecule has 0 aliphatic carbocycles. The van der Waals surface area contributed by atoms with Crippen LogP contribution in [0.4, 0.5) is 0 Å². The number of ether oxygens (including phenoxy) is 3. The molecule has 10 heteroatoms. The van der Waals surface area contributed by atoms with Gasteiger partial charge in [-0.1, -0.05) is 23.7 Å². The normalized spacial score (nSPS) is 10.5. The molecule has 9 nitrogen and oxygen atoms in total. The van der Waals surface area contributed by atoms with Crippen LogP contribution in [-0.2, 0) is 4.79 Å². The molecule has 3 aromatic carbocycles. The number of hydrogen-bond acceptors (Lipinski definition) is 7. The van der Waals surface area contributed by atoms with Crippen molar-refractivity contribution in [2.24, 2.45) is 5.10 Å². The molecular formula is C25H22ClN3O6. The molecule has 0 fully saturated rings. The van der Waals surface area contributed by atoms with Crippen molar-refractivity contribution < 1.29 is 28.6 Å². The van der Waals surface area contributed by atoms with Crippen molar-refractivity contribution in [1.82, 2.24) is 10.7 Å². The minimum Gasteiger partial charge on any atom is -0.497 e. The Morgan fingerprint density at radius 3 is 2.37 bits per heavy atom. The van der Waals surface area contributed by atoms with Crippen LogP contribution in [0.25, 0.3) is 0 Å². The first-order valence-electron chi connectivity index (χ1n) is 10.3. The summed E-state index contributed by atoms with van der Waals surface area (Å²) in [5, 5.41) is 6.62. The van der Waals surface area contributed by atoms with Crippen LogP contribution in [0.1, 0.15) is 26.3 Å². The third-order valence-corrected chi connectivity index (χ3v) is 4.98. The summed E-state index contributed by atoms with van der Waals surface area (Å²) in [5.74, 6) is -0.417. The van der Waals surface area contributed by atoms with Crippen molar-refractivity contribution in [3.8, 4) is 17.2 Å². The number of amides is 2. The predicted molar refractivity (Wildman–Crippen MR) is 130 cm³/mol. The predicted octanol–water partition coefficient (Wildman–Crippen LogP) is 3.46. The van der Waals surface area contributed by atoms with Gasteiger partial charge in [0.05, 0.1) is 43.1 Å². The molecule has 0 spiro atoms. The van der Waals surface area contributed by atoms with E-state index in [0.29, 0.717) is 22.6 Å². The molecule has 0 saturated carbocycles.